The van der Waals surface area contributed by atoms with E-state index in [0.717, 1.165) is 11.1 Å². The molecule has 1 fully saturated rings. The normalized spacial score (nSPS) is 14.3. The molecule has 0 aliphatic carbocycles. The van der Waals surface area contributed by atoms with Crippen LogP contribution in [-0.4, -0.2) is 44.3 Å². The van der Waals surface area contributed by atoms with Crippen molar-refractivity contribution in [2.24, 2.45) is 0 Å². The minimum absolute atomic E-state index is 0.0973. The lowest BCUT2D eigenvalue weighted by Gasteiger charge is -2.29. The van der Waals surface area contributed by atoms with Gasteiger partial charge in [0.1, 0.15) is 5.82 Å². The van der Waals surface area contributed by atoms with Crippen LogP contribution in [-0.2, 0) is 26.9 Å². The van der Waals surface area contributed by atoms with Crippen molar-refractivity contribution in [3.63, 3.8) is 0 Å². The molecule has 0 saturated carbocycles. The first kappa shape index (κ1) is 25.1. The predicted octanol–water partition coefficient (Wildman–Crippen LogP) is 4.01. The predicted molar refractivity (Wildman–Crippen MR) is 141 cm³/mol. The number of aryl methyl sites for hydroxylation is 2. The van der Waals surface area contributed by atoms with E-state index in [2.05, 4.69) is 4.98 Å². The Bertz CT molecular complexity index is 1630. The fourth-order valence-corrected chi connectivity index (χ4v) is 6.45. The van der Waals surface area contributed by atoms with Crippen LogP contribution >= 0.6 is 0 Å². The summed E-state index contributed by atoms with van der Waals surface area (Å²) >= 11 is 0. The van der Waals surface area contributed by atoms with Crippen LogP contribution < -0.4 is 10.3 Å². The minimum atomic E-state index is -3.82. The standard InChI is InChI=1S/C28H28FN3O4S/c1-19-3-4-27(20(2)13-19)37(34,35)18-22-17-32(16-21-5-7-30-8-6-21)25-15-26(31-9-11-36-12-10-31)24(29)14-23(25)28(22)33/h3-8,13-15,17H,9-12,16,18H2,1-2H3. The lowest BCUT2D eigenvalue weighted by atomic mass is 10.1. The molecule has 1 aliphatic heterocycles. The van der Waals surface area contributed by atoms with Crippen molar-refractivity contribution in [1.29, 1.82) is 0 Å². The number of aromatic nitrogens is 2. The fraction of sp³-hybridized carbons (Fsp3) is 0.286. The Kier molecular flexibility index (Phi) is 6.83. The van der Waals surface area contributed by atoms with Crippen molar-refractivity contribution in [3.8, 4) is 0 Å². The van der Waals surface area contributed by atoms with Crippen molar-refractivity contribution < 1.29 is 17.5 Å². The third-order valence-corrected chi connectivity index (χ3v) is 8.51. The van der Waals surface area contributed by atoms with E-state index in [4.69, 9.17) is 4.74 Å². The summed E-state index contributed by atoms with van der Waals surface area (Å²) in [5.74, 6) is -0.995. The molecule has 0 bridgehead atoms. The SMILES string of the molecule is Cc1ccc(S(=O)(=O)Cc2cn(Cc3ccncc3)c3cc(N4CCOCC4)c(F)cc3c2=O)c(C)c1. The van der Waals surface area contributed by atoms with Crippen LogP contribution in [0.15, 0.2) is 70.7 Å². The van der Waals surface area contributed by atoms with Crippen LogP contribution in [0.1, 0.15) is 22.3 Å². The maximum atomic E-state index is 15.3. The first-order valence-corrected chi connectivity index (χ1v) is 13.8. The third-order valence-electron chi connectivity index (χ3n) is 6.69. The van der Waals surface area contributed by atoms with Gasteiger partial charge in [-0.15, -0.1) is 0 Å². The van der Waals surface area contributed by atoms with E-state index < -0.39 is 26.8 Å². The zero-order chi connectivity index (χ0) is 26.2. The zero-order valence-corrected chi connectivity index (χ0v) is 21.6. The molecule has 7 nitrogen and oxygen atoms in total. The van der Waals surface area contributed by atoms with Crippen LogP contribution in [0.4, 0.5) is 10.1 Å². The molecule has 0 unspecified atom stereocenters. The lowest BCUT2D eigenvalue weighted by molar-refractivity contribution is 0.122. The first-order valence-electron chi connectivity index (χ1n) is 12.1. The third kappa shape index (κ3) is 5.14. The summed E-state index contributed by atoms with van der Waals surface area (Å²) in [7, 11) is -3.82. The summed E-state index contributed by atoms with van der Waals surface area (Å²) in [6, 6.07) is 11.7. The molecule has 0 radical (unpaired) electrons. The fourth-order valence-electron chi connectivity index (χ4n) is 4.86. The maximum absolute atomic E-state index is 15.3. The van der Waals surface area contributed by atoms with Gasteiger partial charge in [-0.3, -0.25) is 9.78 Å². The molecule has 1 aliphatic rings. The second-order valence-electron chi connectivity index (χ2n) is 9.42. The van der Waals surface area contributed by atoms with Gasteiger partial charge in [-0.25, -0.2) is 12.8 Å². The van der Waals surface area contributed by atoms with E-state index in [0.29, 0.717) is 49.6 Å². The summed E-state index contributed by atoms with van der Waals surface area (Å²) in [4.78, 5) is 19.7. The Morgan fingerprint density at radius 3 is 2.46 bits per heavy atom. The van der Waals surface area contributed by atoms with Gasteiger partial charge in [0.05, 0.1) is 35.1 Å². The molecule has 5 rings (SSSR count). The molecular formula is C28H28FN3O4S. The number of ether oxygens (including phenoxy) is 1. The van der Waals surface area contributed by atoms with E-state index in [9.17, 15) is 13.2 Å². The van der Waals surface area contributed by atoms with Gasteiger partial charge in [0, 0.05) is 49.2 Å². The Morgan fingerprint density at radius 2 is 1.76 bits per heavy atom. The average molecular weight is 522 g/mol. The van der Waals surface area contributed by atoms with Crippen molar-refractivity contribution in [3.05, 3.63) is 99.3 Å². The molecule has 9 heteroatoms. The van der Waals surface area contributed by atoms with Crippen LogP contribution in [0.2, 0.25) is 0 Å². The number of rotatable bonds is 6. The Hall–Kier alpha value is -3.56. The van der Waals surface area contributed by atoms with Crippen molar-refractivity contribution in [2.45, 2.75) is 31.0 Å². The summed E-state index contributed by atoms with van der Waals surface area (Å²) in [5.41, 5.74) is 3.04. The van der Waals surface area contributed by atoms with E-state index >= 15 is 4.39 Å². The van der Waals surface area contributed by atoms with Gasteiger partial charge in [-0.1, -0.05) is 17.7 Å². The summed E-state index contributed by atoms with van der Waals surface area (Å²) in [6.45, 7) is 6.08. The number of morpholine rings is 1. The van der Waals surface area contributed by atoms with E-state index in [-0.39, 0.29) is 15.8 Å². The van der Waals surface area contributed by atoms with Crippen LogP contribution in [0.3, 0.4) is 0 Å². The number of nitrogens with zero attached hydrogens (tertiary/aromatic N) is 3. The minimum Gasteiger partial charge on any atom is -0.378 e. The highest BCUT2D eigenvalue weighted by atomic mass is 32.2. The van der Waals surface area contributed by atoms with Gasteiger partial charge in [-0.2, -0.15) is 0 Å². The highest BCUT2D eigenvalue weighted by Crippen LogP contribution is 2.28. The second-order valence-corrected chi connectivity index (χ2v) is 11.4. The van der Waals surface area contributed by atoms with Crippen LogP contribution in [0, 0.1) is 19.7 Å². The largest absolute Gasteiger partial charge is 0.378 e. The number of hydrogen-bond donors (Lipinski definition) is 0. The highest BCUT2D eigenvalue weighted by molar-refractivity contribution is 7.90. The van der Waals surface area contributed by atoms with E-state index in [1.165, 1.54) is 6.07 Å². The Balaban J connectivity index is 1.66. The smallest absolute Gasteiger partial charge is 0.193 e. The number of hydrogen-bond acceptors (Lipinski definition) is 6. The van der Waals surface area contributed by atoms with Crippen molar-refractivity contribution >= 4 is 26.4 Å². The van der Waals surface area contributed by atoms with Gasteiger partial charge in [0.25, 0.3) is 0 Å². The van der Waals surface area contributed by atoms with Crippen molar-refractivity contribution in [2.75, 3.05) is 31.2 Å². The van der Waals surface area contributed by atoms with Gasteiger partial charge < -0.3 is 14.2 Å². The quantitative estimate of drug-likeness (QED) is 0.381. The number of sulfone groups is 1. The number of fused-ring (bicyclic) bond motifs is 1. The molecular weight excluding hydrogens is 493 g/mol. The molecule has 0 atom stereocenters. The summed E-state index contributed by atoms with van der Waals surface area (Å²) in [6.07, 6.45) is 4.93. The monoisotopic (exact) mass is 521 g/mol. The molecule has 192 valence electrons. The topological polar surface area (TPSA) is 81.5 Å². The number of anilines is 1. The van der Waals surface area contributed by atoms with Crippen LogP contribution in [0.5, 0.6) is 0 Å². The van der Waals surface area contributed by atoms with Crippen LogP contribution in [0.25, 0.3) is 10.9 Å². The lowest BCUT2D eigenvalue weighted by Crippen LogP contribution is -2.36. The Labute approximate surface area is 215 Å². The maximum Gasteiger partial charge on any atom is 0.193 e. The molecule has 0 spiro atoms. The van der Waals surface area contributed by atoms with E-state index in [1.54, 1.807) is 49.8 Å². The molecule has 3 heterocycles. The van der Waals surface area contributed by atoms with E-state index in [1.807, 2.05) is 28.5 Å². The second kappa shape index (κ2) is 10.1. The molecule has 0 amide bonds. The summed E-state index contributed by atoms with van der Waals surface area (Å²) < 4.78 is 49.3. The molecule has 0 N–H and O–H groups in total. The molecule has 37 heavy (non-hydrogen) atoms. The van der Waals surface area contributed by atoms with Gasteiger partial charge in [-0.05, 0) is 55.3 Å². The number of halogens is 1. The van der Waals surface area contributed by atoms with Gasteiger partial charge >= 0.3 is 0 Å². The first-order chi connectivity index (χ1) is 17.7. The number of benzene rings is 2. The Morgan fingerprint density at radius 1 is 1.03 bits per heavy atom. The zero-order valence-electron chi connectivity index (χ0n) is 20.8. The average Bonchev–Trinajstić information content (AvgIpc) is 2.87. The molecule has 2 aromatic heterocycles. The van der Waals surface area contributed by atoms with Gasteiger partial charge in [0.15, 0.2) is 15.3 Å². The molecule has 2 aromatic carbocycles. The van der Waals surface area contributed by atoms with Gasteiger partial charge in [0.2, 0.25) is 0 Å². The van der Waals surface area contributed by atoms with Crippen molar-refractivity contribution in [1.82, 2.24) is 9.55 Å². The molecule has 4 aromatic rings. The number of pyridine rings is 2. The highest BCUT2D eigenvalue weighted by Gasteiger charge is 2.23. The summed E-state index contributed by atoms with van der Waals surface area (Å²) in [5, 5.41) is 0.150. The molecule has 1 saturated heterocycles.